The molecule has 1 amide bonds. The first-order valence-electron chi connectivity index (χ1n) is 30.6. The molecule has 0 rings (SSSR count). The van der Waals surface area contributed by atoms with Crippen LogP contribution in [0.4, 0.5) is 0 Å². The van der Waals surface area contributed by atoms with Crippen LogP contribution < -0.4 is 10.2 Å². The number of phosphoric ester groups is 1. The van der Waals surface area contributed by atoms with Gasteiger partial charge in [0.05, 0.1) is 39.9 Å². The second kappa shape index (κ2) is 52.1. The SMILES string of the molecule is CCCCCCCCCCCCCCC/C=C/[C@@H](O)[C@H](COP(=O)([O-])OCC[N+](C)(C)C)NC(=O)CCCCCCCCCCCCCCCCCCCCCCCCCCCCCCCCCC. The predicted octanol–water partition coefficient (Wildman–Crippen LogP) is 18.0. The van der Waals surface area contributed by atoms with Crippen LogP contribution in [0.15, 0.2) is 12.2 Å². The highest BCUT2D eigenvalue weighted by Gasteiger charge is 2.23. The molecule has 0 heterocycles. The Balaban J connectivity index is 3.99. The van der Waals surface area contributed by atoms with Crippen LogP contribution in [0.5, 0.6) is 0 Å². The minimum absolute atomic E-state index is 0.00258. The van der Waals surface area contributed by atoms with Gasteiger partial charge in [0.2, 0.25) is 5.91 Å². The number of aliphatic hydroxyl groups excluding tert-OH is 1. The maximum atomic E-state index is 13.0. The number of allylic oxidation sites excluding steroid dienone is 1. The molecular weight excluding hydrogens is 876 g/mol. The number of likely N-dealkylation sites (N-methyl/N-ethyl adjacent to an activating group) is 1. The smallest absolute Gasteiger partial charge is 0.268 e. The van der Waals surface area contributed by atoms with Crippen LogP contribution >= 0.6 is 7.82 Å². The first kappa shape index (κ1) is 68.2. The number of carbonyl (C=O) groups is 1. The van der Waals surface area contributed by atoms with Gasteiger partial charge in [-0.15, -0.1) is 0 Å². The summed E-state index contributed by atoms with van der Waals surface area (Å²) in [6.45, 7) is 4.70. The summed E-state index contributed by atoms with van der Waals surface area (Å²) in [4.78, 5) is 25.5. The lowest BCUT2D eigenvalue weighted by atomic mass is 10.0. The van der Waals surface area contributed by atoms with Crippen molar-refractivity contribution in [3.63, 3.8) is 0 Å². The monoisotopic (exact) mass is 997 g/mol. The second-order valence-corrected chi connectivity index (χ2v) is 23.8. The maximum absolute atomic E-state index is 13.0. The van der Waals surface area contributed by atoms with E-state index in [2.05, 4.69) is 19.2 Å². The Morgan fingerprint density at radius 1 is 0.493 bits per heavy atom. The third-order valence-electron chi connectivity index (χ3n) is 14.2. The van der Waals surface area contributed by atoms with Crippen molar-refractivity contribution in [3.05, 3.63) is 12.2 Å². The van der Waals surface area contributed by atoms with E-state index in [1.165, 1.54) is 257 Å². The highest BCUT2D eigenvalue weighted by Crippen LogP contribution is 2.38. The van der Waals surface area contributed by atoms with Crippen molar-refractivity contribution in [2.75, 3.05) is 40.9 Å². The predicted molar refractivity (Wildman–Crippen MR) is 298 cm³/mol. The summed E-state index contributed by atoms with van der Waals surface area (Å²) in [6, 6.07) is -0.881. The van der Waals surface area contributed by atoms with Crippen molar-refractivity contribution in [1.82, 2.24) is 5.32 Å². The van der Waals surface area contributed by atoms with Crippen molar-refractivity contribution in [3.8, 4) is 0 Å². The molecule has 1 unspecified atom stereocenters. The zero-order chi connectivity index (χ0) is 50.6. The number of unbranched alkanes of at least 4 members (excludes halogenated alkanes) is 44. The van der Waals surface area contributed by atoms with Gasteiger partial charge in [-0.25, -0.2) is 0 Å². The summed E-state index contributed by atoms with van der Waals surface area (Å²) in [6.07, 6.45) is 64.5. The van der Waals surface area contributed by atoms with Crippen LogP contribution in [0, 0.1) is 0 Å². The molecule has 0 saturated carbocycles. The van der Waals surface area contributed by atoms with Gasteiger partial charge in [0, 0.05) is 6.42 Å². The number of aliphatic hydroxyl groups is 1. The van der Waals surface area contributed by atoms with Gasteiger partial charge in [0.25, 0.3) is 7.82 Å². The lowest BCUT2D eigenvalue weighted by Crippen LogP contribution is -2.45. The fraction of sp³-hybridized carbons (Fsp3) is 0.950. The summed E-state index contributed by atoms with van der Waals surface area (Å²) in [7, 11) is 1.28. The van der Waals surface area contributed by atoms with Crippen LogP contribution in [0.3, 0.4) is 0 Å². The topological polar surface area (TPSA) is 108 Å². The van der Waals surface area contributed by atoms with Crippen molar-refractivity contribution in [2.24, 2.45) is 0 Å². The van der Waals surface area contributed by atoms with Gasteiger partial charge in [0.15, 0.2) is 0 Å². The molecule has 2 N–H and O–H groups in total. The molecule has 0 aromatic carbocycles. The van der Waals surface area contributed by atoms with E-state index < -0.39 is 20.0 Å². The summed E-state index contributed by atoms with van der Waals surface area (Å²) < 4.78 is 23.3. The van der Waals surface area contributed by atoms with Crippen molar-refractivity contribution in [2.45, 2.75) is 328 Å². The first-order chi connectivity index (χ1) is 33.5. The third kappa shape index (κ3) is 54.8. The number of nitrogens with zero attached hydrogens (tertiary/aromatic N) is 1. The fourth-order valence-corrected chi connectivity index (χ4v) is 10.2. The van der Waals surface area contributed by atoms with Gasteiger partial charge in [-0.3, -0.25) is 9.36 Å². The van der Waals surface area contributed by atoms with E-state index in [0.717, 1.165) is 38.5 Å². The number of hydrogen-bond donors (Lipinski definition) is 2. The number of rotatable bonds is 57. The van der Waals surface area contributed by atoms with Crippen molar-refractivity contribution >= 4 is 13.7 Å². The molecule has 0 aliphatic heterocycles. The van der Waals surface area contributed by atoms with E-state index in [9.17, 15) is 19.4 Å². The second-order valence-electron chi connectivity index (χ2n) is 22.4. The molecule has 0 saturated heterocycles. The van der Waals surface area contributed by atoms with Gasteiger partial charge in [-0.2, -0.15) is 0 Å². The molecule has 8 nitrogen and oxygen atoms in total. The molecule has 0 aliphatic carbocycles. The number of nitrogens with one attached hydrogen (secondary N) is 1. The molecule has 0 aromatic heterocycles. The number of phosphoric acid groups is 1. The Morgan fingerprint density at radius 3 is 1.09 bits per heavy atom. The molecule has 0 spiro atoms. The largest absolute Gasteiger partial charge is 0.756 e. The molecule has 0 bridgehead atoms. The Bertz CT molecular complexity index is 1130. The molecule has 412 valence electrons. The lowest BCUT2D eigenvalue weighted by Gasteiger charge is -2.29. The van der Waals surface area contributed by atoms with Crippen molar-refractivity contribution in [1.29, 1.82) is 0 Å². The zero-order valence-corrected chi connectivity index (χ0v) is 47.9. The summed E-state index contributed by atoms with van der Waals surface area (Å²) in [5.74, 6) is -0.190. The Labute approximate surface area is 431 Å². The van der Waals surface area contributed by atoms with E-state index in [1.54, 1.807) is 6.08 Å². The van der Waals surface area contributed by atoms with E-state index in [4.69, 9.17) is 9.05 Å². The lowest BCUT2D eigenvalue weighted by molar-refractivity contribution is -0.870. The van der Waals surface area contributed by atoms with E-state index in [1.807, 2.05) is 27.2 Å². The number of carbonyl (C=O) groups excluding carboxylic acids is 1. The van der Waals surface area contributed by atoms with Crippen LogP contribution in [0.1, 0.15) is 316 Å². The molecule has 0 radical (unpaired) electrons. The number of quaternary nitrogens is 1. The minimum atomic E-state index is -4.59. The maximum Gasteiger partial charge on any atom is 0.268 e. The van der Waals surface area contributed by atoms with Crippen LogP contribution in [0.25, 0.3) is 0 Å². The number of amides is 1. The van der Waals surface area contributed by atoms with E-state index in [0.29, 0.717) is 17.4 Å². The van der Waals surface area contributed by atoms with Crippen LogP contribution in [-0.4, -0.2) is 68.5 Å². The van der Waals surface area contributed by atoms with Gasteiger partial charge in [-0.1, -0.05) is 302 Å². The van der Waals surface area contributed by atoms with Crippen molar-refractivity contribution < 1.29 is 32.9 Å². The minimum Gasteiger partial charge on any atom is -0.756 e. The summed E-state index contributed by atoms with van der Waals surface area (Å²) >= 11 is 0. The van der Waals surface area contributed by atoms with Gasteiger partial charge >= 0.3 is 0 Å². The third-order valence-corrected chi connectivity index (χ3v) is 15.2. The number of hydrogen-bond acceptors (Lipinski definition) is 6. The Kier molecular flexibility index (Phi) is 51.5. The van der Waals surface area contributed by atoms with Gasteiger partial charge in [0.1, 0.15) is 13.2 Å². The molecule has 9 heteroatoms. The Morgan fingerprint density at radius 2 is 0.783 bits per heavy atom. The zero-order valence-electron chi connectivity index (χ0n) is 47.0. The van der Waals surface area contributed by atoms with E-state index in [-0.39, 0.29) is 19.1 Å². The normalized spacial score (nSPS) is 13.9. The molecule has 3 atom stereocenters. The molecular formula is C60H121N2O6P. The highest BCUT2D eigenvalue weighted by atomic mass is 31.2. The average molecular weight is 998 g/mol. The van der Waals surface area contributed by atoms with Crippen LogP contribution in [-0.2, 0) is 18.4 Å². The molecule has 0 fully saturated rings. The molecule has 69 heavy (non-hydrogen) atoms. The Hall–Kier alpha value is -0.760. The molecule has 0 aromatic rings. The standard InChI is InChI=1S/C60H121N2O6P/c1-6-8-10-12-14-16-18-20-22-23-24-25-26-27-28-29-30-31-32-33-34-35-36-37-38-40-42-44-46-48-50-52-54-60(64)61-58(57-68-69(65,66)67-56-55-62(3,4)5)59(63)53-51-49-47-45-43-41-39-21-19-17-15-13-11-9-7-2/h51,53,58-59,63H,6-50,52,54-57H2,1-5H3,(H-,61,64,65,66)/b53-51+/t58-,59+/m0/s1. The summed E-state index contributed by atoms with van der Waals surface area (Å²) in [5, 5.41) is 13.9. The first-order valence-corrected chi connectivity index (χ1v) is 32.0. The fourth-order valence-electron chi connectivity index (χ4n) is 9.45. The van der Waals surface area contributed by atoms with Gasteiger partial charge in [-0.05, 0) is 19.3 Å². The quantitative estimate of drug-likeness (QED) is 0.0272. The molecule has 0 aliphatic rings. The van der Waals surface area contributed by atoms with Gasteiger partial charge < -0.3 is 28.8 Å². The highest BCUT2D eigenvalue weighted by molar-refractivity contribution is 7.45. The average Bonchev–Trinajstić information content (AvgIpc) is 3.31. The van der Waals surface area contributed by atoms with Crippen LogP contribution in [0.2, 0.25) is 0 Å². The van der Waals surface area contributed by atoms with E-state index >= 15 is 0 Å². The summed E-state index contributed by atoms with van der Waals surface area (Å²) in [5.41, 5.74) is 0.